The van der Waals surface area contributed by atoms with E-state index in [1.807, 2.05) is 18.2 Å². The number of rotatable bonds is 4. The number of hydrogen-bond acceptors (Lipinski definition) is 2. The molecule has 132 valence electrons. The number of nitrogens with one attached hydrogen (secondary N) is 2. The molecule has 0 unspecified atom stereocenters. The van der Waals surface area contributed by atoms with Crippen molar-refractivity contribution in [3.8, 4) is 0 Å². The maximum Gasteiger partial charge on any atom is 0.270 e. The van der Waals surface area contributed by atoms with Crippen LogP contribution in [-0.2, 0) is 16.6 Å². The van der Waals surface area contributed by atoms with Crippen LogP contribution in [0.3, 0.4) is 0 Å². The topological polar surface area (TPSA) is 58.2 Å². The molecule has 0 spiro atoms. The van der Waals surface area contributed by atoms with Crippen molar-refractivity contribution < 1.29 is 9.59 Å². The molecule has 2 amide bonds. The van der Waals surface area contributed by atoms with Gasteiger partial charge in [-0.25, -0.2) is 0 Å². The summed E-state index contributed by atoms with van der Waals surface area (Å²) in [6, 6.07) is 15.3. The predicted octanol–water partition coefficient (Wildman–Crippen LogP) is 4.14. The van der Waals surface area contributed by atoms with Gasteiger partial charge in [-0.1, -0.05) is 57.2 Å². The molecule has 0 fully saturated rings. The number of hydrazine groups is 1. The fourth-order valence-electron chi connectivity index (χ4n) is 2.33. The molecule has 0 aromatic heterocycles. The zero-order valence-electron chi connectivity index (χ0n) is 14.7. The summed E-state index contributed by atoms with van der Waals surface area (Å²) in [5, 5.41) is 0. The van der Waals surface area contributed by atoms with Crippen LogP contribution in [0.4, 0.5) is 0 Å². The van der Waals surface area contributed by atoms with Crippen LogP contribution in [0.5, 0.6) is 0 Å². The minimum Gasteiger partial charge on any atom is -0.273 e. The van der Waals surface area contributed by atoms with Gasteiger partial charge in [-0.05, 0) is 51.0 Å². The zero-order valence-corrected chi connectivity index (χ0v) is 16.3. The number of halogens is 1. The summed E-state index contributed by atoms with van der Waals surface area (Å²) in [5.41, 5.74) is 7.84. The predicted molar refractivity (Wildman–Crippen MR) is 103 cm³/mol. The molecule has 25 heavy (non-hydrogen) atoms. The van der Waals surface area contributed by atoms with Crippen molar-refractivity contribution >= 4 is 27.7 Å². The summed E-state index contributed by atoms with van der Waals surface area (Å²) >= 11 is 3.31. The van der Waals surface area contributed by atoms with Crippen LogP contribution in [0.1, 0.15) is 48.7 Å². The standard InChI is InChI=1S/C20H23BrN2O2/c1-20(2,3)15-11-8-14(9-12-15)10-13-18(24)22-23-19(25)16-6-4-5-7-17(16)21/h4-9,11-12H,10,13H2,1-3H3,(H,22,24)(H,23,25). The van der Waals surface area contributed by atoms with Gasteiger partial charge in [-0.3, -0.25) is 20.4 Å². The van der Waals surface area contributed by atoms with Crippen molar-refractivity contribution in [1.82, 2.24) is 10.9 Å². The number of benzene rings is 2. The Morgan fingerprint density at radius 2 is 1.60 bits per heavy atom. The SMILES string of the molecule is CC(C)(C)c1ccc(CCC(=O)NNC(=O)c2ccccc2Br)cc1. The average molecular weight is 403 g/mol. The van der Waals surface area contributed by atoms with Crippen molar-refractivity contribution in [2.75, 3.05) is 0 Å². The minimum absolute atomic E-state index is 0.117. The molecule has 0 saturated heterocycles. The summed E-state index contributed by atoms with van der Waals surface area (Å²) in [4.78, 5) is 23.9. The summed E-state index contributed by atoms with van der Waals surface area (Å²) in [6.45, 7) is 6.51. The van der Waals surface area contributed by atoms with Gasteiger partial charge in [0.1, 0.15) is 0 Å². The van der Waals surface area contributed by atoms with Gasteiger partial charge < -0.3 is 0 Å². The van der Waals surface area contributed by atoms with Gasteiger partial charge in [0, 0.05) is 10.9 Å². The first-order chi connectivity index (χ1) is 11.8. The average Bonchev–Trinajstić information content (AvgIpc) is 2.58. The Balaban J connectivity index is 1.81. The number of amides is 2. The maximum atomic E-state index is 12.0. The molecule has 0 aliphatic rings. The van der Waals surface area contributed by atoms with Crippen LogP contribution in [0, 0.1) is 0 Å². The van der Waals surface area contributed by atoms with E-state index in [4.69, 9.17) is 0 Å². The lowest BCUT2D eigenvalue weighted by atomic mass is 9.86. The molecular weight excluding hydrogens is 380 g/mol. The molecule has 0 aliphatic heterocycles. The highest BCUT2D eigenvalue weighted by Crippen LogP contribution is 2.22. The van der Waals surface area contributed by atoms with Gasteiger partial charge in [0.25, 0.3) is 5.91 Å². The highest BCUT2D eigenvalue weighted by molar-refractivity contribution is 9.10. The fraction of sp³-hybridized carbons (Fsp3) is 0.300. The van der Waals surface area contributed by atoms with Crippen molar-refractivity contribution in [2.45, 2.75) is 39.0 Å². The van der Waals surface area contributed by atoms with Crippen molar-refractivity contribution in [3.63, 3.8) is 0 Å². The first-order valence-electron chi connectivity index (χ1n) is 8.20. The third-order valence-electron chi connectivity index (χ3n) is 3.89. The van der Waals surface area contributed by atoms with Crippen LogP contribution in [-0.4, -0.2) is 11.8 Å². The van der Waals surface area contributed by atoms with Gasteiger partial charge in [-0.2, -0.15) is 0 Å². The Labute approximate surface area is 157 Å². The quantitative estimate of drug-likeness (QED) is 0.754. The van der Waals surface area contributed by atoms with Crippen molar-refractivity contribution in [1.29, 1.82) is 0 Å². The zero-order chi connectivity index (χ0) is 18.4. The van der Waals surface area contributed by atoms with Crippen LogP contribution in [0.15, 0.2) is 53.0 Å². The molecule has 2 aromatic carbocycles. The minimum atomic E-state index is -0.352. The van der Waals surface area contributed by atoms with Gasteiger partial charge >= 0.3 is 0 Å². The smallest absolute Gasteiger partial charge is 0.270 e. The van der Waals surface area contributed by atoms with Gasteiger partial charge in [0.05, 0.1) is 5.56 Å². The highest BCUT2D eigenvalue weighted by atomic mass is 79.9. The Morgan fingerprint density at radius 1 is 0.960 bits per heavy atom. The lowest BCUT2D eigenvalue weighted by Crippen LogP contribution is -2.41. The second kappa shape index (κ2) is 8.30. The summed E-state index contributed by atoms with van der Waals surface area (Å²) in [7, 11) is 0. The van der Waals surface area contributed by atoms with E-state index >= 15 is 0 Å². The van der Waals surface area contributed by atoms with E-state index < -0.39 is 0 Å². The molecule has 5 heteroatoms. The monoisotopic (exact) mass is 402 g/mol. The Hall–Kier alpha value is -2.14. The lowest BCUT2D eigenvalue weighted by molar-refractivity contribution is -0.121. The summed E-state index contributed by atoms with van der Waals surface area (Å²) in [6.07, 6.45) is 0.937. The molecule has 2 N–H and O–H groups in total. The fourth-order valence-corrected chi connectivity index (χ4v) is 2.80. The number of carbonyl (C=O) groups excluding carboxylic acids is 2. The molecule has 2 aromatic rings. The van der Waals surface area contributed by atoms with E-state index in [-0.39, 0.29) is 17.2 Å². The Bertz CT molecular complexity index is 749. The van der Waals surface area contributed by atoms with Crippen LogP contribution >= 0.6 is 15.9 Å². The number of hydrogen-bond donors (Lipinski definition) is 2. The molecule has 0 bridgehead atoms. The van der Waals surface area contributed by atoms with Crippen molar-refractivity contribution in [3.05, 3.63) is 69.7 Å². The molecular formula is C20H23BrN2O2. The Kier molecular flexibility index (Phi) is 6.37. The van der Waals surface area contributed by atoms with Gasteiger partial charge in [0.15, 0.2) is 0 Å². The first-order valence-corrected chi connectivity index (χ1v) is 9.00. The molecule has 0 heterocycles. The molecule has 0 radical (unpaired) electrons. The van der Waals surface area contributed by atoms with Crippen LogP contribution in [0.2, 0.25) is 0 Å². The third-order valence-corrected chi connectivity index (χ3v) is 4.59. The van der Waals surface area contributed by atoms with E-state index in [1.165, 1.54) is 5.56 Å². The van der Waals surface area contributed by atoms with Crippen LogP contribution in [0.25, 0.3) is 0 Å². The normalized spacial score (nSPS) is 11.0. The Morgan fingerprint density at radius 3 is 2.20 bits per heavy atom. The first kappa shape index (κ1) is 19.2. The highest BCUT2D eigenvalue weighted by Gasteiger charge is 2.13. The number of aryl methyl sites for hydroxylation is 1. The van der Waals surface area contributed by atoms with E-state index in [0.29, 0.717) is 22.9 Å². The second-order valence-electron chi connectivity index (χ2n) is 6.93. The van der Waals surface area contributed by atoms with Gasteiger partial charge in [0.2, 0.25) is 5.91 Å². The van der Waals surface area contributed by atoms with E-state index in [1.54, 1.807) is 18.2 Å². The third kappa shape index (κ3) is 5.71. The van der Waals surface area contributed by atoms with E-state index in [2.05, 4.69) is 59.7 Å². The maximum absolute atomic E-state index is 12.0. The summed E-state index contributed by atoms with van der Waals surface area (Å²) < 4.78 is 0.681. The molecule has 2 rings (SSSR count). The van der Waals surface area contributed by atoms with E-state index in [0.717, 1.165) is 5.56 Å². The lowest BCUT2D eigenvalue weighted by Gasteiger charge is -2.19. The van der Waals surface area contributed by atoms with E-state index in [9.17, 15) is 9.59 Å². The van der Waals surface area contributed by atoms with Gasteiger partial charge in [-0.15, -0.1) is 0 Å². The molecule has 4 nitrogen and oxygen atoms in total. The molecule has 0 atom stereocenters. The summed E-state index contributed by atoms with van der Waals surface area (Å²) in [5.74, 6) is -0.573. The largest absolute Gasteiger partial charge is 0.273 e. The molecule has 0 aliphatic carbocycles. The second-order valence-corrected chi connectivity index (χ2v) is 7.78. The van der Waals surface area contributed by atoms with Crippen molar-refractivity contribution in [2.24, 2.45) is 0 Å². The van der Waals surface area contributed by atoms with Crippen LogP contribution < -0.4 is 10.9 Å². The number of carbonyl (C=O) groups is 2. The molecule has 0 saturated carbocycles.